The SMILES string of the molecule is CC(C)Oc1nc(N)nc(Nc2ccc(C#N)cc2Cl)n1. The van der Waals surface area contributed by atoms with Crippen LogP contribution >= 0.6 is 11.6 Å². The summed E-state index contributed by atoms with van der Waals surface area (Å²) >= 11 is 6.07. The van der Waals surface area contributed by atoms with Gasteiger partial charge in [0, 0.05) is 0 Å². The highest BCUT2D eigenvalue weighted by Crippen LogP contribution is 2.25. The molecule has 1 aromatic carbocycles. The van der Waals surface area contributed by atoms with E-state index in [2.05, 4.69) is 20.3 Å². The van der Waals surface area contributed by atoms with Crippen LogP contribution in [-0.4, -0.2) is 21.1 Å². The summed E-state index contributed by atoms with van der Waals surface area (Å²) in [5, 5.41) is 12.1. The lowest BCUT2D eigenvalue weighted by molar-refractivity contribution is 0.222. The third kappa shape index (κ3) is 3.94. The van der Waals surface area contributed by atoms with E-state index in [1.165, 1.54) is 0 Å². The van der Waals surface area contributed by atoms with Crippen LogP contribution < -0.4 is 15.8 Å². The normalized spacial score (nSPS) is 10.2. The highest BCUT2D eigenvalue weighted by atomic mass is 35.5. The van der Waals surface area contributed by atoms with Gasteiger partial charge in [0.15, 0.2) is 0 Å². The van der Waals surface area contributed by atoms with E-state index in [4.69, 9.17) is 27.3 Å². The zero-order valence-electron chi connectivity index (χ0n) is 11.5. The van der Waals surface area contributed by atoms with Crippen molar-refractivity contribution in [2.45, 2.75) is 20.0 Å². The second kappa shape index (κ2) is 6.24. The zero-order chi connectivity index (χ0) is 15.4. The smallest absolute Gasteiger partial charge is 0.323 e. The van der Waals surface area contributed by atoms with E-state index in [9.17, 15) is 0 Å². The monoisotopic (exact) mass is 304 g/mol. The Labute approximate surface area is 126 Å². The Morgan fingerprint density at radius 3 is 2.71 bits per heavy atom. The van der Waals surface area contributed by atoms with E-state index >= 15 is 0 Å². The quantitative estimate of drug-likeness (QED) is 0.892. The van der Waals surface area contributed by atoms with Gasteiger partial charge >= 0.3 is 6.01 Å². The van der Waals surface area contributed by atoms with Crippen molar-refractivity contribution >= 4 is 29.2 Å². The summed E-state index contributed by atoms with van der Waals surface area (Å²) in [6.07, 6.45) is -0.0850. The molecule has 108 valence electrons. The number of hydrogen-bond donors (Lipinski definition) is 2. The van der Waals surface area contributed by atoms with Crippen LogP contribution in [0, 0.1) is 11.3 Å². The molecule has 0 saturated heterocycles. The number of rotatable bonds is 4. The fourth-order valence-corrected chi connectivity index (χ4v) is 1.73. The van der Waals surface area contributed by atoms with Gasteiger partial charge < -0.3 is 15.8 Å². The molecule has 0 unspecified atom stereocenters. The Kier molecular flexibility index (Phi) is 4.40. The topological polar surface area (TPSA) is 110 Å². The molecule has 0 saturated carbocycles. The predicted molar refractivity (Wildman–Crippen MR) is 79.5 cm³/mol. The highest BCUT2D eigenvalue weighted by Gasteiger charge is 2.09. The highest BCUT2D eigenvalue weighted by molar-refractivity contribution is 6.33. The number of halogens is 1. The lowest BCUT2D eigenvalue weighted by Crippen LogP contribution is -2.11. The number of benzene rings is 1. The summed E-state index contributed by atoms with van der Waals surface area (Å²) in [5.74, 6) is 0.248. The first-order chi connectivity index (χ1) is 9.97. The van der Waals surface area contributed by atoms with Gasteiger partial charge in [-0.1, -0.05) is 11.6 Å². The lowest BCUT2D eigenvalue weighted by atomic mass is 10.2. The standard InChI is InChI=1S/C13H13ClN6O/c1-7(2)21-13-19-11(16)18-12(20-13)17-10-4-3-8(6-15)5-9(10)14/h3-5,7H,1-2H3,(H3,16,17,18,19,20). The Hall–Kier alpha value is -2.59. The fraction of sp³-hybridized carbons (Fsp3) is 0.231. The zero-order valence-corrected chi connectivity index (χ0v) is 12.2. The van der Waals surface area contributed by atoms with Crippen LogP contribution in [0.4, 0.5) is 17.6 Å². The molecule has 0 radical (unpaired) electrons. The van der Waals surface area contributed by atoms with Gasteiger partial charge in [0.25, 0.3) is 0 Å². The molecule has 2 aromatic rings. The van der Waals surface area contributed by atoms with Gasteiger partial charge in [-0.05, 0) is 32.0 Å². The van der Waals surface area contributed by atoms with Gasteiger partial charge in [0.1, 0.15) is 0 Å². The maximum atomic E-state index is 8.80. The van der Waals surface area contributed by atoms with Crippen molar-refractivity contribution in [3.05, 3.63) is 28.8 Å². The van der Waals surface area contributed by atoms with E-state index in [-0.39, 0.29) is 24.0 Å². The number of anilines is 3. The first kappa shape index (κ1) is 14.8. The molecule has 2 rings (SSSR count). The number of hydrogen-bond acceptors (Lipinski definition) is 7. The minimum atomic E-state index is -0.0850. The first-order valence-corrected chi connectivity index (χ1v) is 6.50. The molecule has 0 aliphatic carbocycles. The molecule has 1 heterocycles. The van der Waals surface area contributed by atoms with Crippen LogP contribution in [0.3, 0.4) is 0 Å². The summed E-state index contributed by atoms with van der Waals surface area (Å²) in [7, 11) is 0. The molecule has 21 heavy (non-hydrogen) atoms. The van der Waals surface area contributed by atoms with E-state index < -0.39 is 0 Å². The molecule has 3 N–H and O–H groups in total. The molecule has 7 nitrogen and oxygen atoms in total. The van der Waals surface area contributed by atoms with Gasteiger partial charge in [-0.15, -0.1) is 0 Å². The van der Waals surface area contributed by atoms with E-state index in [0.29, 0.717) is 16.3 Å². The van der Waals surface area contributed by atoms with Crippen molar-refractivity contribution in [3.63, 3.8) is 0 Å². The molecule has 1 aromatic heterocycles. The summed E-state index contributed by atoms with van der Waals surface area (Å²) in [6.45, 7) is 3.70. The summed E-state index contributed by atoms with van der Waals surface area (Å²) in [5.41, 5.74) is 6.63. The molecular formula is C13H13ClN6O. The van der Waals surface area contributed by atoms with Crippen molar-refractivity contribution in [2.24, 2.45) is 0 Å². The van der Waals surface area contributed by atoms with Crippen molar-refractivity contribution in [1.82, 2.24) is 15.0 Å². The van der Waals surface area contributed by atoms with Crippen LogP contribution in [0.15, 0.2) is 18.2 Å². The van der Waals surface area contributed by atoms with Gasteiger partial charge in [-0.2, -0.15) is 20.2 Å². The van der Waals surface area contributed by atoms with Crippen LogP contribution in [0.2, 0.25) is 5.02 Å². The fourth-order valence-electron chi connectivity index (χ4n) is 1.50. The third-order valence-corrected chi connectivity index (χ3v) is 2.63. The Bertz CT molecular complexity index is 698. The summed E-state index contributed by atoms with van der Waals surface area (Å²) in [4.78, 5) is 11.9. The van der Waals surface area contributed by atoms with E-state index in [1.54, 1.807) is 18.2 Å². The Morgan fingerprint density at radius 1 is 1.33 bits per heavy atom. The van der Waals surface area contributed by atoms with Gasteiger partial charge in [-0.3, -0.25) is 0 Å². The molecule has 0 amide bonds. The van der Waals surface area contributed by atoms with Gasteiger partial charge in [0.05, 0.1) is 28.4 Å². The molecular weight excluding hydrogens is 292 g/mol. The lowest BCUT2D eigenvalue weighted by Gasteiger charge is -2.11. The average molecular weight is 305 g/mol. The van der Waals surface area contributed by atoms with Crippen LogP contribution in [-0.2, 0) is 0 Å². The average Bonchev–Trinajstić information content (AvgIpc) is 2.39. The molecule has 0 aliphatic rings. The number of ether oxygens (including phenoxy) is 1. The summed E-state index contributed by atoms with van der Waals surface area (Å²) < 4.78 is 5.38. The van der Waals surface area contributed by atoms with Crippen LogP contribution in [0.25, 0.3) is 0 Å². The van der Waals surface area contributed by atoms with Crippen LogP contribution in [0.1, 0.15) is 19.4 Å². The van der Waals surface area contributed by atoms with Gasteiger partial charge in [-0.25, -0.2) is 0 Å². The maximum Gasteiger partial charge on any atom is 0.323 e. The molecule has 0 aliphatic heterocycles. The van der Waals surface area contributed by atoms with Crippen molar-refractivity contribution < 1.29 is 4.74 Å². The number of nitriles is 1. The Balaban J connectivity index is 2.27. The third-order valence-electron chi connectivity index (χ3n) is 2.32. The molecule has 8 heteroatoms. The van der Waals surface area contributed by atoms with E-state index in [0.717, 1.165) is 0 Å². The molecule has 0 atom stereocenters. The minimum Gasteiger partial charge on any atom is -0.461 e. The first-order valence-electron chi connectivity index (χ1n) is 6.13. The number of nitrogens with zero attached hydrogens (tertiary/aromatic N) is 4. The molecule has 0 fully saturated rings. The van der Waals surface area contributed by atoms with Gasteiger partial charge in [0.2, 0.25) is 11.9 Å². The minimum absolute atomic E-state index is 0.0351. The number of nitrogens with one attached hydrogen (secondary N) is 1. The summed E-state index contributed by atoms with van der Waals surface area (Å²) in [6, 6.07) is 6.96. The number of nitrogens with two attached hydrogens (primary N) is 1. The predicted octanol–water partition coefficient (Wildman–Crippen LogP) is 2.51. The van der Waals surface area contributed by atoms with E-state index in [1.807, 2.05) is 19.9 Å². The van der Waals surface area contributed by atoms with Crippen molar-refractivity contribution in [1.29, 1.82) is 5.26 Å². The second-order valence-corrected chi connectivity index (χ2v) is 4.81. The van der Waals surface area contributed by atoms with Crippen molar-refractivity contribution in [2.75, 3.05) is 11.1 Å². The maximum absolute atomic E-state index is 8.80. The van der Waals surface area contributed by atoms with Crippen LogP contribution in [0.5, 0.6) is 6.01 Å². The Morgan fingerprint density at radius 2 is 2.10 bits per heavy atom. The largest absolute Gasteiger partial charge is 0.461 e. The molecule has 0 spiro atoms. The number of nitrogen functional groups attached to an aromatic ring is 1. The van der Waals surface area contributed by atoms with Crippen molar-refractivity contribution in [3.8, 4) is 12.1 Å². The molecule has 0 bridgehead atoms. The second-order valence-electron chi connectivity index (χ2n) is 4.40. The number of aromatic nitrogens is 3.